The van der Waals surface area contributed by atoms with Gasteiger partial charge in [0.05, 0.1) is 0 Å². The van der Waals surface area contributed by atoms with Gasteiger partial charge in [-0.2, -0.15) is 0 Å². The Balaban J connectivity index is 1.77. The van der Waals surface area contributed by atoms with Crippen molar-refractivity contribution in [3.8, 4) is 22.6 Å². The van der Waals surface area contributed by atoms with Gasteiger partial charge in [-0.15, -0.1) is 0 Å². The first-order valence-electron chi connectivity index (χ1n) is 9.52. The van der Waals surface area contributed by atoms with Gasteiger partial charge in [0.2, 0.25) is 0 Å². The molecule has 0 aliphatic carbocycles. The highest BCUT2D eigenvalue weighted by atomic mass is 32.2. The van der Waals surface area contributed by atoms with Crippen molar-refractivity contribution in [1.82, 2.24) is 4.98 Å². The normalized spacial score (nSPS) is 11.2. The molecule has 0 atom stereocenters. The van der Waals surface area contributed by atoms with Gasteiger partial charge in [-0.1, -0.05) is 96.7 Å². The molecule has 30 heavy (non-hydrogen) atoms. The van der Waals surface area contributed by atoms with Crippen molar-refractivity contribution in [3.05, 3.63) is 84.9 Å². The van der Waals surface area contributed by atoms with Crippen molar-refractivity contribution in [1.29, 1.82) is 0 Å². The summed E-state index contributed by atoms with van der Waals surface area (Å²) >= 11 is 1.09. The van der Waals surface area contributed by atoms with Crippen LogP contribution >= 0.6 is 11.8 Å². The maximum absolute atomic E-state index is 11.1. The lowest BCUT2D eigenvalue weighted by molar-refractivity contribution is -0.133. The zero-order chi connectivity index (χ0) is 20.5. The second-order valence-electron chi connectivity index (χ2n) is 6.89. The van der Waals surface area contributed by atoms with Crippen molar-refractivity contribution < 1.29 is 14.3 Å². The maximum atomic E-state index is 11.1. The lowest BCUT2D eigenvalue weighted by Gasteiger charge is -2.08. The summed E-state index contributed by atoms with van der Waals surface area (Å²) < 4.78 is 6.15. The fourth-order valence-corrected chi connectivity index (χ4v) is 4.25. The van der Waals surface area contributed by atoms with E-state index in [1.807, 2.05) is 48.5 Å². The van der Waals surface area contributed by atoms with E-state index in [2.05, 4.69) is 36.4 Å². The monoisotopic (exact) mass is 411 g/mol. The zero-order valence-electron chi connectivity index (χ0n) is 15.9. The summed E-state index contributed by atoms with van der Waals surface area (Å²) in [6.07, 6.45) is 0. The third-order valence-corrected chi connectivity index (χ3v) is 5.82. The SMILES string of the molecule is O=C(O)CSc1nc(-c2cccc3ccccc23)c(-c2cccc3ccccc23)o1. The Bertz CT molecular complexity index is 1280. The summed E-state index contributed by atoms with van der Waals surface area (Å²) in [4.78, 5) is 15.8. The van der Waals surface area contributed by atoms with E-state index in [1.54, 1.807) is 0 Å². The van der Waals surface area contributed by atoms with Crippen LogP contribution in [0.4, 0.5) is 0 Å². The molecule has 0 fully saturated rings. The Morgan fingerprint density at radius 1 is 0.800 bits per heavy atom. The van der Waals surface area contributed by atoms with E-state index >= 15 is 0 Å². The second-order valence-corrected chi connectivity index (χ2v) is 7.82. The number of carbonyl (C=O) groups is 1. The van der Waals surface area contributed by atoms with Gasteiger partial charge in [-0.3, -0.25) is 4.79 Å². The number of aliphatic carboxylic acids is 1. The fraction of sp³-hybridized carbons (Fsp3) is 0.0400. The van der Waals surface area contributed by atoms with Crippen LogP contribution in [-0.4, -0.2) is 21.8 Å². The Morgan fingerprint density at radius 2 is 1.37 bits per heavy atom. The van der Waals surface area contributed by atoms with E-state index in [9.17, 15) is 4.79 Å². The lowest BCUT2D eigenvalue weighted by Crippen LogP contribution is -1.97. The van der Waals surface area contributed by atoms with Crippen LogP contribution in [0.1, 0.15) is 0 Å². The minimum absolute atomic E-state index is 0.107. The molecule has 5 aromatic rings. The topological polar surface area (TPSA) is 63.3 Å². The number of carboxylic acids is 1. The van der Waals surface area contributed by atoms with Crippen LogP contribution < -0.4 is 0 Å². The van der Waals surface area contributed by atoms with Crippen LogP contribution in [0.3, 0.4) is 0 Å². The Morgan fingerprint density at radius 3 is 2.03 bits per heavy atom. The van der Waals surface area contributed by atoms with Gasteiger partial charge in [0.15, 0.2) is 5.76 Å². The predicted octanol–water partition coefficient (Wildman–Crippen LogP) is 6.49. The molecule has 0 amide bonds. The molecular weight excluding hydrogens is 394 g/mol. The standard InChI is InChI=1S/C25H17NO3S/c27-22(28)15-30-25-26-23(20-13-5-9-16-7-1-3-11-18(16)20)24(29-25)21-14-6-10-17-8-2-4-12-19(17)21/h1-14H,15H2,(H,27,28). The molecule has 0 aliphatic heterocycles. The van der Waals surface area contributed by atoms with Crippen LogP contribution in [0.25, 0.3) is 44.1 Å². The number of fused-ring (bicyclic) bond motifs is 2. The first-order valence-corrected chi connectivity index (χ1v) is 10.5. The molecule has 5 rings (SSSR count). The summed E-state index contributed by atoms with van der Waals surface area (Å²) in [6.45, 7) is 0. The summed E-state index contributed by atoms with van der Waals surface area (Å²) in [7, 11) is 0. The van der Waals surface area contributed by atoms with Gasteiger partial charge in [-0.25, -0.2) is 4.98 Å². The van der Waals surface area contributed by atoms with E-state index in [0.29, 0.717) is 11.0 Å². The van der Waals surface area contributed by atoms with Gasteiger partial charge in [0, 0.05) is 11.1 Å². The van der Waals surface area contributed by atoms with Crippen molar-refractivity contribution >= 4 is 39.3 Å². The minimum Gasteiger partial charge on any atom is -0.481 e. The fourth-order valence-electron chi connectivity index (χ4n) is 3.71. The van der Waals surface area contributed by atoms with Crippen LogP contribution in [0.2, 0.25) is 0 Å². The molecule has 0 saturated heterocycles. The third kappa shape index (κ3) is 3.33. The number of rotatable bonds is 5. The molecule has 4 aromatic carbocycles. The summed E-state index contributed by atoms with van der Waals surface area (Å²) in [5, 5.41) is 13.8. The number of aromatic nitrogens is 1. The molecular formula is C25H17NO3S. The number of hydrogen-bond donors (Lipinski definition) is 1. The van der Waals surface area contributed by atoms with Crippen molar-refractivity contribution in [3.63, 3.8) is 0 Å². The number of carboxylic acid groups (broad SMARTS) is 1. The summed E-state index contributed by atoms with van der Waals surface area (Å²) in [5.41, 5.74) is 2.61. The molecule has 1 heterocycles. The third-order valence-electron chi connectivity index (χ3n) is 5.01. The quantitative estimate of drug-likeness (QED) is 0.335. The average Bonchev–Trinajstić information content (AvgIpc) is 3.21. The van der Waals surface area contributed by atoms with E-state index in [1.165, 1.54) is 0 Å². The Hall–Kier alpha value is -3.57. The average molecular weight is 411 g/mol. The lowest BCUT2D eigenvalue weighted by atomic mass is 9.97. The molecule has 0 bridgehead atoms. The number of benzene rings is 4. The highest BCUT2D eigenvalue weighted by molar-refractivity contribution is 7.99. The molecule has 1 aromatic heterocycles. The predicted molar refractivity (Wildman–Crippen MR) is 121 cm³/mol. The number of nitrogens with zero attached hydrogens (tertiary/aromatic N) is 1. The molecule has 0 unspecified atom stereocenters. The molecule has 5 heteroatoms. The summed E-state index contributed by atoms with van der Waals surface area (Å²) in [6, 6.07) is 28.4. The first-order chi connectivity index (χ1) is 14.7. The molecule has 0 spiro atoms. The highest BCUT2D eigenvalue weighted by Crippen LogP contribution is 2.40. The molecule has 0 saturated carbocycles. The molecule has 0 radical (unpaired) electrons. The van der Waals surface area contributed by atoms with E-state index < -0.39 is 5.97 Å². The van der Waals surface area contributed by atoms with Gasteiger partial charge in [0.25, 0.3) is 5.22 Å². The van der Waals surface area contributed by atoms with Crippen LogP contribution in [0, 0.1) is 0 Å². The second kappa shape index (κ2) is 7.69. The van der Waals surface area contributed by atoms with Gasteiger partial charge in [0.1, 0.15) is 11.4 Å². The first kappa shape index (κ1) is 18.5. The van der Waals surface area contributed by atoms with Crippen molar-refractivity contribution in [2.75, 3.05) is 5.75 Å². The molecule has 0 aliphatic rings. The van der Waals surface area contributed by atoms with Gasteiger partial charge >= 0.3 is 5.97 Å². The van der Waals surface area contributed by atoms with Crippen LogP contribution in [0.15, 0.2) is 94.6 Å². The van der Waals surface area contributed by atoms with Gasteiger partial charge in [-0.05, 0) is 21.5 Å². The van der Waals surface area contributed by atoms with E-state index in [0.717, 1.165) is 50.1 Å². The number of hydrogen-bond acceptors (Lipinski definition) is 4. The number of oxazole rings is 1. The van der Waals surface area contributed by atoms with Crippen LogP contribution in [-0.2, 0) is 4.79 Å². The molecule has 4 nitrogen and oxygen atoms in total. The van der Waals surface area contributed by atoms with Crippen molar-refractivity contribution in [2.24, 2.45) is 0 Å². The highest BCUT2D eigenvalue weighted by Gasteiger charge is 2.21. The largest absolute Gasteiger partial charge is 0.481 e. The van der Waals surface area contributed by atoms with Gasteiger partial charge < -0.3 is 9.52 Å². The minimum atomic E-state index is -0.906. The van der Waals surface area contributed by atoms with E-state index in [-0.39, 0.29) is 5.75 Å². The maximum Gasteiger partial charge on any atom is 0.314 e. The van der Waals surface area contributed by atoms with Crippen molar-refractivity contribution in [2.45, 2.75) is 5.22 Å². The zero-order valence-corrected chi connectivity index (χ0v) is 16.7. The number of thioether (sulfide) groups is 1. The molecule has 1 N–H and O–H groups in total. The van der Waals surface area contributed by atoms with E-state index in [4.69, 9.17) is 14.5 Å². The smallest absolute Gasteiger partial charge is 0.314 e. The van der Waals surface area contributed by atoms with Crippen LogP contribution in [0.5, 0.6) is 0 Å². The Labute approximate surface area is 177 Å². The Kier molecular flexibility index (Phi) is 4.73. The summed E-state index contributed by atoms with van der Waals surface area (Å²) in [5.74, 6) is -0.363. The molecule has 146 valence electrons.